The molecule has 0 unspecified atom stereocenters. The molecular weight excluding hydrogens is 334 g/mol. The second-order valence-corrected chi connectivity index (χ2v) is 6.63. The fourth-order valence-corrected chi connectivity index (χ4v) is 3.40. The highest BCUT2D eigenvalue weighted by Crippen LogP contribution is 2.23. The van der Waals surface area contributed by atoms with Crippen molar-refractivity contribution in [2.45, 2.75) is 19.8 Å². The van der Waals surface area contributed by atoms with E-state index < -0.39 is 0 Å². The second kappa shape index (κ2) is 6.50. The first kappa shape index (κ1) is 13.8. The van der Waals surface area contributed by atoms with E-state index in [1.165, 1.54) is 11.2 Å². The number of halogens is 2. The average Bonchev–Trinajstić information content (AvgIpc) is 2.75. The number of hydrogen-bond donors (Lipinski definition) is 1. The number of nitrogens with one attached hydrogen (secondary N) is 1. The van der Waals surface area contributed by atoms with Gasteiger partial charge in [-0.1, -0.05) is 18.5 Å². The zero-order chi connectivity index (χ0) is 13.0. The van der Waals surface area contributed by atoms with Gasteiger partial charge in [0.05, 0.1) is 3.79 Å². The smallest absolute Gasteiger partial charge is 0.137 e. The highest BCUT2D eigenvalue weighted by atomic mass is 79.9. The molecule has 0 saturated carbocycles. The summed E-state index contributed by atoms with van der Waals surface area (Å²) in [5.41, 5.74) is 0.978. The van der Waals surface area contributed by atoms with Gasteiger partial charge in [0.15, 0.2) is 0 Å². The van der Waals surface area contributed by atoms with Gasteiger partial charge in [-0.25, -0.2) is 9.97 Å². The van der Waals surface area contributed by atoms with Gasteiger partial charge in [0.2, 0.25) is 0 Å². The minimum Gasteiger partial charge on any atom is -0.369 e. The summed E-state index contributed by atoms with van der Waals surface area (Å²) in [5.74, 6) is 0.841. The normalized spacial score (nSPS) is 10.6. The minimum atomic E-state index is 0.536. The number of thiophene rings is 1. The van der Waals surface area contributed by atoms with Crippen LogP contribution in [0.3, 0.4) is 0 Å². The summed E-state index contributed by atoms with van der Waals surface area (Å²) in [5, 5.41) is 3.85. The van der Waals surface area contributed by atoms with E-state index in [9.17, 15) is 0 Å². The molecule has 6 heteroatoms. The molecule has 2 heterocycles. The molecule has 0 radical (unpaired) electrons. The largest absolute Gasteiger partial charge is 0.369 e. The lowest BCUT2D eigenvalue weighted by Gasteiger charge is -2.09. The third kappa shape index (κ3) is 3.43. The van der Waals surface area contributed by atoms with E-state index in [1.54, 1.807) is 11.3 Å². The number of nitrogens with zero attached hydrogens (tertiary/aromatic N) is 2. The minimum absolute atomic E-state index is 0.536. The monoisotopic (exact) mass is 345 g/mol. The van der Waals surface area contributed by atoms with Crippen LogP contribution in [0, 0.1) is 0 Å². The van der Waals surface area contributed by atoms with Crippen molar-refractivity contribution in [3.63, 3.8) is 0 Å². The second-order valence-electron chi connectivity index (χ2n) is 3.73. The molecule has 0 aliphatic carbocycles. The summed E-state index contributed by atoms with van der Waals surface area (Å²) in [6, 6.07) is 4.20. The first-order valence-electron chi connectivity index (χ1n) is 5.68. The van der Waals surface area contributed by atoms with Crippen LogP contribution in [0.15, 0.2) is 22.2 Å². The van der Waals surface area contributed by atoms with Gasteiger partial charge in [0, 0.05) is 17.0 Å². The van der Waals surface area contributed by atoms with Gasteiger partial charge < -0.3 is 5.32 Å². The molecule has 96 valence electrons. The Hall–Kier alpha value is -0.650. The SMILES string of the molecule is CCc1c(Cl)ncnc1NCCc1ccc(Br)s1. The van der Waals surface area contributed by atoms with Crippen LogP contribution in [0.2, 0.25) is 5.15 Å². The van der Waals surface area contributed by atoms with Crippen molar-refractivity contribution in [3.8, 4) is 0 Å². The van der Waals surface area contributed by atoms with Crippen LogP contribution in [-0.2, 0) is 12.8 Å². The number of aromatic nitrogens is 2. The van der Waals surface area contributed by atoms with Crippen LogP contribution >= 0.6 is 38.9 Å². The maximum atomic E-state index is 6.03. The zero-order valence-corrected chi connectivity index (χ0v) is 13.1. The Balaban J connectivity index is 1.96. The van der Waals surface area contributed by atoms with Gasteiger partial charge >= 0.3 is 0 Å². The number of anilines is 1. The van der Waals surface area contributed by atoms with E-state index in [1.807, 2.05) is 6.92 Å². The fourth-order valence-electron chi connectivity index (χ4n) is 1.65. The van der Waals surface area contributed by atoms with Crippen LogP contribution in [-0.4, -0.2) is 16.5 Å². The topological polar surface area (TPSA) is 37.8 Å². The lowest BCUT2D eigenvalue weighted by Crippen LogP contribution is -2.08. The summed E-state index contributed by atoms with van der Waals surface area (Å²) in [6.45, 7) is 2.89. The van der Waals surface area contributed by atoms with E-state index in [4.69, 9.17) is 11.6 Å². The van der Waals surface area contributed by atoms with Crippen molar-refractivity contribution in [1.82, 2.24) is 9.97 Å². The Morgan fingerprint density at radius 1 is 1.39 bits per heavy atom. The maximum Gasteiger partial charge on any atom is 0.137 e. The van der Waals surface area contributed by atoms with Crippen LogP contribution in [0.25, 0.3) is 0 Å². The summed E-state index contributed by atoms with van der Waals surface area (Å²) >= 11 is 11.2. The molecule has 0 aliphatic heterocycles. The average molecular weight is 347 g/mol. The Labute approximate surface area is 124 Å². The Morgan fingerprint density at radius 3 is 2.89 bits per heavy atom. The van der Waals surface area contributed by atoms with Crippen LogP contribution in [0.5, 0.6) is 0 Å². The van der Waals surface area contributed by atoms with Gasteiger partial charge in [0.25, 0.3) is 0 Å². The van der Waals surface area contributed by atoms with Gasteiger partial charge in [-0.2, -0.15) is 0 Å². The Bertz CT molecular complexity index is 530. The standard InChI is InChI=1S/C12H13BrClN3S/c1-2-9-11(14)16-7-17-12(9)15-6-5-8-3-4-10(13)18-8/h3-4,7H,2,5-6H2,1H3,(H,15,16,17). The van der Waals surface area contributed by atoms with E-state index >= 15 is 0 Å². The molecular formula is C12H13BrClN3S. The van der Waals surface area contributed by atoms with Crippen molar-refractivity contribution in [2.75, 3.05) is 11.9 Å². The van der Waals surface area contributed by atoms with E-state index in [-0.39, 0.29) is 0 Å². The predicted octanol–water partition coefficient (Wildman–Crippen LogP) is 4.17. The molecule has 0 aliphatic rings. The molecule has 1 N–H and O–H groups in total. The quantitative estimate of drug-likeness (QED) is 0.826. The van der Waals surface area contributed by atoms with E-state index in [0.29, 0.717) is 5.15 Å². The van der Waals surface area contributed by atoms with Crippen LogP contribution < -0.4 is 5.32 Å². The van der Waals surface area contributed by atoms with E-state index in [2.05, 4.69) is 43.3 Å². The van der Waals surface area contributed by atoms with Crippen molar-refractivity contribution in [3.05, 3.63) is 37.8 Å². The van der Waals surface area contributed by atoms with Crippen molar-refractivity contribution < 1.29 is 0 Å². The predicted molar refractivity (Wildman–Crippen MR) is 80.6 cm³/mol. The lowest BCUT2D eigenvalue weighted by molar-refractivity contribution is 0.984. The van der Waals surface area contributed by atoms with Gasteiger partial charge in [-0.3, -0.25) is 0 Å². The molecule has 0 atom stereocenters. The summed E-state index contributed by atoms with van der Waals surface area (Å²) in [6.07, 6.45) is 3.29. The first-order chi connectivity index (χ1) is 8.70. The maximum absolute atomic E-state index is 6.03. The van der Waals surface area contributed by atoms with Crippen molar-refractivity contribution in [2.24, 2.45) is 0 Å². The summed E-state index contributed by atoms with van der Waals surface area (Å²) < 4.78 is 1.16. The van der Waals surface area contributed by atoms with Gasteiger partial charge in [0.1, 0.15) is 17.3 Å². The number of hydrogen-bond acceptors (Lipinski definition) is 4. The third-order valence-corrected chi connectivity index (χ3v) is 4.55. The van der Waals surface area contributed by atoms with Crippen LogP contribution in [0.1, 0.15) is 17.4 Å². The molecule has 0 fully saturated rings. The molecule has 18 heavy (non-hydrogen) atoms. The molecule has 2 aromatic rings. The summed E-state index contributed by atoms with van der Waals surface area (Å²) in [4.78, 5) is 9.56. The van der Waals surface area contributed by atoms with Crippen molar-refractivity contribution >= 4 is 44.7 Å². The molecule has 0 saturated heterocycles. The molecule has 2 aromatic heterocycles. The molecule has 3 nitrogen and oxygen atoms in total. The van der Waals surface area contributed by atoms with E-state index in [0.717, 1.165) is 34.6 Å². The van der Waals surface area contributed by atoms with Gasteiger partial charge in [-0.15, -0.1) is 11.3 Å². The molecule has 0 amide bonds. The first-order valence-corrected chi connectivity index (χ1v) is 7.67. The summed E-state index contributed by atoms with van der Waals surface area (Å²) in [7, 11) is 0. The van der Waals surface area contributed by atoms with Crippen LogP contribution in [0.4, 0.5) is 5.82 Å². The fraction of sp³-hybridized carbons (Fsp3) is 0.333. The van der Waals surface area contributed by atoms with Gasteiger partial charge in [-0.05, 0) is 40.9 Å². The Kier molecular flexibility index (Phi) is 4.97. The molecule has 0 spiro atoms. The molecule has 0 aromatic carbocycles. The lowest BCUT2D eigenvalue weighted by atomic mass is 10.2. The highest BCUT2D eigenvalue weighted by Gasteiger charge is 2.07. The molecule has 2 rings (SSSR count). The Morgan fingerprint density at radius 2 is 2.22 bits per heavy atom. The van der Waals surface area contributed by atoms with Crippen molar-refractivity contribution in [1.29, 1.82) is 0 Å². The molecule has 0 bridgehead atoms. The zero-order valence-electron chi connectivity index (χ0n) is 9.91. The third-order valence-electron chi connectivity index (χ3n) is 2.54. The highest BCUT2D eigenvalue weighted by molar-refractivity contribution is 9.11. The number of rotatable bonds is 5.